The lowest BCUT2D eigenvalue weighted by atomic mass is 9.90. The number of rotatable bonds is 4. The highest BCUT2D eigenvalue weighted by molar-refractivity contribution is 5.93. The minimum atomic E-state index is -0.0470. The van der Waals surface area contributed by atoms with Crippen molar-refractivity contribution < 1.29 is 4.79 Å². The number of carbonyl (C=O) groups excluding carboxylic acids is 1. The maximum Gasteiger partial charge on any atom is 0.322 e. The lowest BCUT2D eigenvalue weighted by molar-refractivity contribution is 0.0907. The van der Waals surface area contributed by atoms with Crippen LogP contribution in [-0.4, -0.2) is 35.0 Å². The molecule has 31 heavy (non-hydrogen) atoms. The molecule has 1 fully saturated rings. The zero-order valence-corrected chi connectivity index (χ0v) is 17.9. The molecule has 0 bridgehead atoms. The van der Waals surface area contributed by atoms with Crippen LogP contribution in [0.3, 0.4) is 0 Å². The number of amides is 2. The Morgan fingerprint density at radius 1 is 0.839 bits per heavy atom. The van der Waals surface area contributed by atoms with Crippen LogP contribution in [0.1, 0.15) is 48.5 Å². The van der Waals surface area contributed by atoms with E-state index in [1.54, 1.807) is 0 Å². The monoisotopic (exact) mass is 411 g/mol. The Labute approximate surface area is 184 Å². The zero-order valence-electron chi connectivity index (χ0n) is 17.9. The molecule has 1 N–H and O–H groups in total. The Bertz CT molecular complexity index is 1030. The van der Waals surface area contributed by atoms with E-state index in [0.29, 0.717) is 6.04 Å². The summed E-state index contributed by atoms with van der Waals surface area (Å²) in [5.74, 6) is 0. The molecule has 2 aliphatic heterocycles. The number of urea groups is 1. The van der Waals surface area contributed by atoms with Crippen LogP contribution in [0.25, 0.3) is 0 Å². The highest BCUT2D eigenvalue weighted by Gasteiger charge is 2.39. The summed E-state index contributed by atoms with van der Waals surface area (Å²) in [6.45, 7) is 4.27. The van der Waals surface area contributed by atoms with Gasteiger partial charge in [-0.05, 0) is 37.0 Å². The fourth-order valence-corrected chi connectivity index (χ4v) is 5.14. The third-order valence-electron chi connectivity index (χ3n) is 6.85. The molecular weight excluding hydrogens is 382 g/mol. The first-order valence-corrected chi connectivity index (χ1v) is 11.2. The molecule has 158 valence electrons. The van der Waals surface area contributed by atoms with E-state index in [2.05, 4.69) is 88.8 Å². The zero-order chi connectivity index (χ0) is 21.2. The highest BCUT2D eigenvalue weighted by atomic mass is 16.2. The van der Waals surface area contributed by atoms with Gasteiger partial charge in [0.05, 0.1) is 6.04 Å². The van der Waals surface area contributed by atoms with Crippen molar-refractivity contribution in [1.29, 1.82) is 0 Å². The van der Waals surface area contributed by atoms with E-state index in [9.17, 15) is 4.79 Å². The maximum atomic E-state index is 13.3. The molecule has 2 atom stereocenters. The fraction of sp³-hybridized carbons (Fsp3) is 0.296. The van der Waals surface area contributed by atoms with Crippen LogP contribution in [0, 0.1) is 0 Å². The molecule has 0 aliphatic carbocycles. The van der Waals surface area contributed by atoms with Gasteiger partial charge in [-0.15, -0.1) is 0 Å². The molecule has 0 spiro atoms. The minimum Gasteiger partial charge on any atom is -0.310 e. The summed E-state index contributed by atoms with van der Waals surface area (Å²) < 4.78 is 0. The van der Waals surface area contributed by atoms with Crippen molar-refractivity contribution in [2.45, 2.75) is 37.9 Å². The van der Waals surface area contributed by atoms with Crippen LogP contribution in [0.15, 0.2) is 84.9 Å². The molecule has 2 heterocycles. The number of nitrogens with zero attached hydrogens (tertiary/aromatic N) is 2. The number of nitrogens with one attached hydrogen (secondary N) is 1. The van der Waals surface area contributed by atoms with Gasteiger partial charge in [0, 0.05) is 36.4 Å². The van der Waals surface area contributed by atoms with E-state index in [4.69, 9.17) is 0 Å². The van der Waals surface area contributed by atoms with Crippen molar-refractivity contribution in [3.05, 3.63) is 102 Å². The summed E-state index contributed by atoms with van der Waals surface area (Å²) in [6, 6.07) is 29.9. The van der Waals surface area contributed by atoms with Crippen molar-refractivity contribution in [3.8, 4) is 0 Å². The molecular formula is C27H29N3O. The normalized spacial score (nSPS) is 20.7. The van der Waals surface area contributed by atoms with Gasteiger partial charge in [0.15, 0.2) is 0 Å². The van der Waals surface area contributed by atoms with E-state index < -0.39 is 0 Å². The summed E-state index contributed by atoms with van der Waals surface area (Å²) in [5, 5.41) is 3.14. The molecule has 3 aromatic carbocycles. The SMILES string of the molecule is CC(c1ccccc1)N1CCC(N2C(=O)Nc3ccccc3C2c2ccccc2)CC1. The number of benzene rings is 3. The first kappa shape index (κ1) is 19.8. The second-order valence-electron chi connectivity index (χ2n) is 8.59. The molecule has 0 saturated carbocycles. The average Bonchev–Trinajstić information content (AvgIpc) is 2.84. The molecule has 4 nitrogen and oxygen atoms in total. The van der Waals surface area contributed by atoms with E-state index in [1.165, 1.54) is 16.7 Å². The van der Waals surface area contributed by atoms with Crippen LogP contribution < -0.4 is 5.32 Å². The molecule has 3 aromatic rings. The van der Waals surface area contributed by atoms with Crippen LogP contribution in [-0.2, 0) is 0 Å². The van der Waals surface area contributed by atoms with Gasteiger partial charge in [0.2, 0.25) is 0 Å². The first-order valence-electron chi connectivity index (χ1n) is 11.2. The predicted octanol–water partition coefficient (Wildman–Crippen LogP) is 5.85. The quantitative estimate of drug-likeness (QED) is 0.585. The smallest absolute Gasteiger partial charge is 0.310 e. The van der Waals surface area contributed by atoms with Crippen LogP contribution in [0.2, 0.25) is 0 Å². The molecule has 5 rings (SSSR count). The largest absolute Gasteiger partial charge is 0.322 e. The molecule has 2 unspecified atom stereocenters. The van der Waals surface area contributed by atoms with Gasteiger partial charge >= 0.3 is 6.03 Å². The summed E-state index contributed by atoms with van der Waals surface area (Å²) in [7, 11) is 0. The Kier molecular flexibility index (Phi) is 5.47. The maximum absolute atomic E-state index is 13.3. The standard InChI is InChI=1S/C27H29N3O/c1-20(21-10-4-2-5-11-21)29-18-16-23(17-19-29)30-26(22-12-6-3-7-13-22)24-14-8-9-15-25(24)28-27(30)31/h2-15,20,23,26H,16-19H2,1H3,(H,28,31). The molecule has 2 amide bonds. The molecule has 2 aliphatic rings. The van der Waals surface area contributed by atoms with Crippen LogP contribution in [0.5, 0.6) is 0 Å². The minimum absolute atomic E-state index is 0.0158. The van der Waals surface area contributed by atoms with E-state index in [0.717, 1.165) is 31.6 Å². The van der Waals surface area contributed by atoms with E-state index in [-0.39, 0.29) is 18.1 Å². The lowest BCUT2D eigenvalue weighted by Gasteiger charge is -2.46. The second-order valence-corrected chi connectivity index (χ2v) is 8.59. The number of fused-ring (bicyclic) bond motifs is 1. The number of piperidine rings is 1. The van der Waals surface area contributed by atoms with Crippen molar-refractivity contribution in [1.82, 2.24) is 9.80 Å². The summed E-state index contributed by atoms with van der Waals surface area (Å²) >= 11 is 0. The summed E-state index contributed by atoms with van der Waals surface area (Å²) in [4.78, 5) is 17.9. The Morgan fingerprint density at radius 2 is 1.45 bits per heavy atom. The Morgan fingerprint density at radius 3 is 2.16 bits per heavy atom. The number of hydrogen-bond donors (Lipinski definition) is 1. The van der Waals surface area contributed by atoms with Gasteiger partial charge in [-0.25, -0.2) is 4.79 Å². The van der Waals surface area contributed by atoms with E-state index >= 15 is 0 Å². The van der Waals surface area contributed by atoms with Gasteiger partial charge in [-0.3, -0.25) is 4.90 Å². The molecule has 1 saturated heterocycles. The van der Waals surface area contributed by atoms with Gasteiger partial charge in [0.25, 0.3) is 0 Å². The van der Waals surface area contributed by atoms with Gasteiger partial charge in [-0.2, -0.15) is 0 Å². The van der Waals surface area contributed by atoms with E-state index in [1.807, 2.05) is 18.2 Å². The topological polar surface area (TPSA) is 35.6 Å². The highest BCUT2D eigenvalue weighted by Crippen LogP contribution is 2.40. The number of carbonyl (C=O) groups is 1. The third kappa shape index (κ3) is 3.84. The van der Waals surface area contributed by atoms with Crippen molar-refractivity contribution in [2.75, 3.05) is 18.4 Å². The van der Waals surface area contributed by atoms with Crippen molar-refractivity contribution >= 4 is 11.7 Å². The molecule has 4 heteroatoms. The number of hydrogen-bond acceptors (Lipinski definition) is 2. The molecule has 0 radical (unpaired) electrons. The fourth-order valence-electron chi connectivity index (χ4n) is 5.14. The Balaban J connectivity index is 1.40. The van der Waals surface area contributed by atoms with Crippen LogP contribution >= 0.6 is 0 Å². The first-order chi connectivity index (χ1) is 15.2. The Hall–Kier alpha value is -3.11. The summed E-state index contributed by atoms with van der Waals surface area (Å²) in [6.07, 6.45) is 1.96. The van der Waals surface area contributed by atoms with Gasteiger partial charge in [0.1, 0.15) is 0 Å². The predicted molar refractivity (Wildman–Crippen MR) is 125 cm³/mol. The number of anilines is 1. The number of likely N-dealkylation sites (tertiary alicyclic amines) is 1. The van der Waals surface area contributed by atoms with Crippen LogP contribution in [0.4, 0.5) is 10.5 Å². The second kappa shape index (κ2) is 8.56. The van der Waals surface area contributed by atoms with Gasteiger partial charge < -0.3 is 10.2 Å². The third-order valence-corrected chi connectivity index (χ3v) is 6.85. The van der Waals surface area contributed by atoms with Crippen molar-refractivity contribution in [3.63, 3.8) is 0 Å². The average molecular weight is 412 g/mol. The van der Waals surface area contributed by atoms with Gasteiger partial charge in [-0.1, -0.05) is 78.9 Å². The summed E-state index contributed by atoms with van der Waals surface area (Å²) in [5.41, 5.74) is 4.62. The number of para-hydroxylation sites is 1. The lowest BCUT2D eigenvalue weighted by Crippen LogP contribution is -2.52. The van der Waals surface area contributed by atoms with Crippen molar-refractivity contribution in [2.24, 2.45) is 0 Å². The molecule has 0 aromatic heterocycles.